The molecule has 1 aromatic carbocycles. The van der Waals surface area contributed by atoms with Crippen molar-refractivity contribution in [3.05, 3.63) is 40.0 Å². The van der Waals surface area contributed by atoms with Crippen molar-refractivity contribution >= 4 is 23.2 Å². The molecular weight excluding hydrogens is 243 g/mol. The van der Waals surface area contributed by atoms with Gasteiger partial charge in [0.1, 0.15) is 0 Å². The minimum absolute atomic E-state index is 0.434. The Labute approximate surface area is 105 Å². The average molecular weight is 255 g/mol. The molecule has 2 nitrogen and oxygen atoms in total. The summed E-state index contributed by atoms with van der Waals surface area (Å²) in [4.78, 5) is 0. The lowest BCUT2D eigenvalue weighted by Crippen LogP contribution is -1.85. The highest BCUT2D eigenvalue weighted by molar-refractivity contribution is 6.42. The molecule has 0 aliphatic carbocycles. The minimum atomic E-state index is 0.434. The first kappa shape index (κ1) is 11.5. The van der Waals surface area contributed by atoms with Gasteiger partial charge in [-0.15, -0.1) is 0 Å². The summed E-state index contributed by atoms with van der Waals surface area (Å²) in [7, 11) is 0. The Hall–Kier alpha value is -0.990. The van der Waals surface area contributed by atoms with Gasteiger partial charge in [-0.05, 0) is 24.1 Å². The smallest absolute Gasteiger partial charge is 0.0924 e. The predicted octanol–water partition coefficient (Wildman–Crippen LogP) is 4.51. The van der Waals surface area contributed by atoms with E-state index in [2.05, 4.69) is 24.0 Å². The molecule has 1 N–H and O–H groups in total. The van der Waals surface area contributed by atoms with Gasteiger partial charge in [0.2, 0.25) is 0 Å². The number of halogens is 2. The maximum absolute atomic E-state index is 5.96. The van der Waals surface area contributed by atoms with E-state index in [1.54, 1.807) is 6.07 Å². The molecule has 1 aromatic heterocycles. The normalized spacial score (nSPS) is 11.1. The van der Waals surface area contributed by atoms with Crippen molar-refractivity contribution in [3.8, 4) is 11.3 Å². The SMILES string of the molecule is CC(C)c1cc(-c2ccc(Cl)c(Cl)c2)n[nH]1. The summed E-state index contributed by atoms with van der Waals surface area (Å²) in [5.41, 5.74) is 2.97. The third kappa shape index (κ3) is 2.23. The summed E-state index contributed by atoms with van der Waals surface area (Å²) in [5.74, 6) is 0.434. The molecule has 0 radical (unpaired) electrons. The second-order valence-corrected chi connectivity index (χ2v) is 4.81. The summed E-state index contributed by atoms with van der Waals surface area (Å²) < 4.78 is 0. The van der Waals surface area contributed by atoms with Crippen molar-refractivity contribution in [2.45, 2.75) is 19.8 Å². The van der Waals surface area contributed by atoms with Gasteiger partial charge < -0.3 is 0 Å². The molecular formula is C12H12Cl2N2. The first-order valence-corrected chi connectivity index (χ1v) is 5.84. The number of rotatable bonds is 2. The zero-order valence-corrected chi connectivity index (χ0v) is 10.6. The van der Waals surface area contributed by atoms with Crippen LogP contribution in [-0.4, -0.2) is 10.2 Å². The summed E-state index contributed by atoms with van der Waals surface area (Å²) in [6.45, 7) is 4.23. The van der Waals surface area contributed by atoms with Gasteiger partial charge in [0.05, 0.1) is 15.7 Å². The predicted molar refractivity (Wildman–Crippen MR) is 68.1 cm³/mol. The van der Waals surface area contributed by atoms with Crippen LogP contribution in [0, 0.1) is 0 Å². The Morgan fingerprint density at radius 3 is 2.44 bits per heavy atom. The molecule has 0 saturated carbocycles. The third-order valence-corrected chi connectivity index (χ3v) is 3.17. The standard InChI is InChI=1S/C12H12Cl2N2/c1-7(2)11-6-12(16-15-11)8-3-4-9(13)10(14)5-8/h3-7H,1-2H3,(H,15,16). The molecule has 0 aliphatic rings. The molecule has 0 spiro atoms. The van der Waals surface area contributed by atoms with E-state index in [0.29, 0.717) is 16.0 Å². The molecule has 16 heavy (non-hydrogen) atoms. The Kier molecular flexibility index (Phi) is 3.22. The number of aromatic nitrogens is 2. The molecule has 0 saturated heterocycles. The van der Waals surface area contributed by atoms with Crippen LogP contribution in [0.3, 0.4) is 0 Å². The van der Waals surface area contributed by atoms with E-state index < -0.39 is 0 Å². The fourth-order valence-electron chi connectivity index (χ4n) is 1.44. The van der Waals surface area contributed by atoms with Crippen molar-refractivity contribution in [1.82, 2.24) is 10.2 Å². The van der Waals surface area contributed by atoms with E-state index in [4.69, 9.17) is 23.2 Å². The number of benzene rings is 1. The highest BCUT2D eigenvalue weighted by Crippen LogP contribution is 2.28. The number of aromatic amines is 1. The van der Waals surface area contributed by atoms with Crippen molar-refractivity contribution in [1.29, 1.82) is 0 Å². The van der Waals surface area contributed by atoms with E-state index >= 15 is 0 Å². The largest absolute Gasteiger partial charge is 0.282 e. The van der Waals surface area contributed by atoms with Gasteiger partial charge in [0.25, 0.3) is 0 Å². The molecule has 0 atom stereocenters. The minimum Gasteiger partial charge on any atom is -0.282 e. The van der Waals surface area contributed by atoms with Gasteiger partial charge in [0.15, 0.2) is 0 Å². The van der Waals surface area contributed by atoms with E-state index in [1.165, 1.54) is 0 Å². The van der Waals surface area contributed by atoms with Crippen LogP contribution in [0.25, 0.3) is 11.3 Å². The molecule has 84 valence electrons. The van der Waals surface area contributed by atoms with E-state index in [0.717, 1.165) is 17.0 Å². The lowest BCUT2D eigenvalue weighted by Gasteiger charge is -1.99. The Morgan fingerprint density at radius 2 is 1.88 bits per heavy atom. The van der Waals surface area contributed by atoms with Crippen LogP contribution in [0.15, 0.2) is 24.3 Å². The number of hydrogen-bond acceptors (Lipinski definition) is 1. The number of H-pyrrole nitrogens is 1. The summed E-state index contributed by atoms with van der Waals surface area (Å²) in [6, 6.07) is 7.55. The van der Waals surface area contributed by atoms with Crippen molar-refractivity contribution in [2.24, 2.45) is 0 Å². The number of hydrogen-bond donors (Lipinski definition) is 1. The van der Waals surface area contributed by atoms with Crippen molar-refractivity contribution in [2.75, 3.05) is 0 Å². The number of nitrogens with one attached hydrogen (secondary N) is 1. The second kappa shape index (κ2) is 4.48. The molecule has 0 fully saturated rings. The van der Waals surface area contributed by atoms with Crippen LogP contribution in [-0.2, 0) is 0 Å². The lowest BCUT2D eigenvalue weighted by molar-refractivity contribution is 0.811. The first-order valence-electron chi connectivity index (χ1n) is 5.08. The van der Waals surface area contributed by atoms with E-state index in [9.17, 15) is 0 Å². The van der Waals surface area contributed by atoms with Crippen LogP contribution in [0.1, 0.15) is 25.5 Å². The van der Waals surface area contributed by atoms with E-state index in [-0.39, 0.29) is 0 Å². The molecule has 0 aliphatic heterocycles. The quantitative estimate of drug-likeness (QED) is 0.840. The summed E-state index contributed by atoms with van der Waals surface area (Å²) in [5, 5.41) is 8.37. The fraction of sp³-hybridized carbons (Fsp3) is 0.250. The summed E-state index contributed by atoms with van der Waals surface area (Å²) in [6.07, 6.45) is 0. The van der Waals surface area contributed by atoms with Gasteiger partial charge in [-0.3, -0.25) is 5.10 Å². The summed E-state index contributed by atoms with van der Waals surface area (Å²) >= 11 is 11.8. The monoisotopic (exact) mass is 254 g/mol. The molecule has 2 rings (SSSR count). The Morgan fingerprint density at radius 1 is 1.12 bits per heavy atom. The molecule has 0 bridgehead atoms. The van der Waals surface area contributed by atoms with Gasteiger partial charge in [0, 0.05) is 11.3 Å². The molecule has 1 heterocycles. The van der Waals surface area contributed by atoms with Crippen LogP contribution >= 0.6 is 23.2 Å². The van der Waals surface area contributed by atoms with Crippen LogP contribution in [0.5, 0.6) is 0 Å². The van der Waals surface area contributed by atoms with Crippen molar-refractivity contribution in [3.63, 3.8) is 0 Å². The third-order valence-electron chi connectivity index (χ3n) is 2.44. The van der Waals surface area contributed by atoms with Gasteiger partial charge >= 0.3 is 0 Å². The zero-order chi connectivity index (χ0) is 11.7. The molecule has 0 amide bonds. The molecule has 0 unspecified atom stereocenters. The second-order valence-electron chi connectivity index (χ2n) is 3.99. The lowest BCUT2D eigenvalue weighted by atomic mass is 10.1. The molecule has 2 aromatic rings. The first-order chi connectivity index (χ1) is 7.58. The van der Waals surface area contributed by atoms with Gasteiger partial charge in [-0.2, -0.15) is 5.10 Å². The maximum atomic E-state index is 5.96. The molecule has 4 heteroatoms. The fourth-order valence-corrected chi connectivity index (χ4v) is 1.73. The average Bonchev–Trinajstić information content (AvgIpc) is 2.71. The van der Waals surface area contributed by atoms with Crippen LogP contribution < -0.4 is 0 Å². The van der Waals surface area contributed by atoms with Crippen LogP contribution in [0.4, 0.5) is 0 Å². The topological polar surface area (TPSA) is 28.7 Å². The maximum Gasteiger partial charge on any atom is 0.0924 e. The zero-order valence-electron chi connectivity index (χ0n) is 9.09. The van der Waals surface area contributed by atoms with Crippen molar-refractivity contribution < 1.29 is 0 Å². The Bertz CT molecular complexity index is 503. The van der Waals surface area contributed by atoms with Crippen LogP contribution in [0.2, 0.25) is 10.0 Å². The highest BCUT2D eigenvalue weighted by atomic mass is 35.5. The highest BCUT2D eigenvalue weighted by Gasteiger charge is 2.08. The number of nitrogens with zero attached hydrogens (tertiary/aromatic N) is 1. The van der Waals surface area contributed by atoms with E-state index in [1.807, 2.05) is 18.2 Å². The van der Waals surface area contributed by atoms with Gasteiger partial charge in [-0.25, -0.2) is 0 Å². The van der Waals surface area contributed by atoms with Gasteiger partial charge in [-0.1, -0.05) is 43.1 Å². The Balaban J connectivity index is 2.39.